The van der Waals surface area contributed by atoms with Crippen molar-refractivity contribution >= 4 is 22.4 Å². The molecule has 0 saturated carbocycles. The van der Waals surface area contributed by atoms with E-state index in [-0.39, 0.29) is 11.6 Å². The quantitative estimate of drug-likeness (QED) is 0.847. The van der Waals surface area contributed by atoms with Crippen LogP contribution < -0.4 is 5.32 Å². The van der Waals surface area contributed by atoms with E-state index in [2.05, 4.69) is 28.9 Å². The highest BCUT2D eigenvalue weighted by Crippen LogP contribution is 2.27. The minimum atomic E-state index is -0.196. The number of ether oxygens (including phenoxy) is 2. The number of carbonyl (C=O) groups is 1. The summed E-state index contributed by atoms with van der Waals surface area (Å²) in [6.45, 7) is 5.01. The van der Waals surface area contributed by atoms with Crippen molar-refractivity contribution in [2.45, 2.75) is 51.2 Å². The molecule has 0 aromatic carbocycles. The largest absolute Gasteiger partial charge is 0.469 e. The SMILES string of the molecule is COC(=O)CCc1csc(NC2CCOC(C)(C)C2)n1. The maximum atomic E-state index is 11.1. The van der Waals surface area contributed by atoms with Crippen LogP contribution >= 0.6 is 11.3 Å². The van der Waals surface area contributed by atoms with Gasteiger partial charge in [0.1, 0.15) is 0 Å². The van der Waals surface area contributed by atoms with Gasteiger partial charge in [0.05, 0.1) is 24.8 Å². The Labute approximate surface area is 123 Å². The van der Waals surface area contributed by atoms with Crippen LogP contribution in [0.25, 0.3) is 0 Å². The van der Waals surface area contributed by atoms with Crippen LogP contribution in [-0.4, -0.2) is 36.3 Å². The lowest BCUT2D eigenvalue weighted by Crippen LogP contribution is -2.40. The Morgan fingerprint density at radius 3 is 3.15 bits per heavy atom. The summed E-state index contributed by atoms with van der Waals surface area (Å²) in [6.07, 6.45) is 2.98. The number of hydrogen-bond acceptors (Lipinski definition) is 6. The number of esters is 1. The molecule has 1 aliphatic heterocycles. The van der Waals surface area contributed by atoms with Gasteiger partial charge in [-0.25, -0.2) is 4.98 Å². The second-order valence-corrected chi connectivity index (χ2v) is 6.52. The summed E-state index contributed by atoms with van der Waals surface area (Å²) in [5.74, 6) is -0.196. The highest BCUT2D eigenvalue weighted by Gasteiger charge is 2.29. The minimum Gasteiger partial charge on any atom is -0.469 e. The summed E-state index contributed by atoms with van der Waals surface area (Å²) >= 11 is 1.59. The molecule has 112 valence electrons. The zero-order valence-electron chi connectivity index (χ0n) is 12.3. The number of methoxy groups -OCH3 is 1. The third kappa shape index (κ3) is 4.45. The standard InChI is InChI=1S/C14H22N2O3S/c1-14(2)8-10(6-7-19-14)15-13-16-11(9-20-13)4-5-12(17)18-3/h9-10H,4-8H2,1-3H3,(H,15,16). The first-order chi connectivity index (χ1) is 9.48. The van der Waals surface area contributed by atoms with Crippen LogP contribution in [-0.2, 0) is 20.7 Å². The molecule has 0 aliphatic carbocycles. The van der Waals surface area contributed by atoms with Gasteiger partial charge in [0.25, 0.3) is 0 Å². The van der Waals surface area contributed by atoms with E-state index in [4.69, 9.17) is 4.74 Å². The summed E-state index contributed by atoms with van der Waals surface area (Å²) in [5, 5.41) is 6.39. The van der Waals surface area contributed by atoms with Crippen molar-refractivity contribution in [3.05, 3.63) is 11.1 Å². The van der Waals surface area contributed by atoms with E-state index in [1.807, 2.05) is 5.38 Å². The van der Waals surface area contributed by atoms with Gasteiger partial charge < -0.3 is 14.8 Å². The molecule has 0 radical (unpaired) electrons. The average molecular weight is 298 g/mol. The van der Waals surface area contributed by atoms with E-state index in [1.54, 1.807) is 11.3 Å². The van der Waals surface area contributed by atoms with Crippen molar-refractivity contribution in [1.82, 2.24) is 4.98 Å². The molecule has 20 heavy (non-hydrogen) atoms. The van der Waals surface area contributed by atoms with Crippen molar-refractivity contribution in [2.24, 2.45) is 0 Å². The Hall–Kier alpha value is -1.14. The minimum absolute atomic E-state index is 0.0686. The molecule has 1 atom stereocenters. The molecule has 0 bridgehead atoms. The Morgan fingerprint density at radius 1 is 1.65 bits per heavy atom. The van der Waals surface area contributed by atoms with Crippen LogP contribution in [0.1, 0.15) is 38.8 Å². The lowest BCUT2D eigenvalue weighted by atomic mass is 9.94. The van der Waals surface area contributed by atoms with E-state index >= 15 is 0 Å². The number of anilines is 1. The second-order valence-electron chi connectivity index (χ2n) is 5.66. The van der Waals surface area contributed by atoms with Crippen LogP contribution in [0.2, 0.25) is 0 Å². The van der Waals surface area contributed by atoms with Gasteiger partial charge in [-0.15, -0.1) is 11.3 Å². The van der Waals surface area contributed by atoms with Gasteiger partial charge in [0, 0.05) is 24.4 Å². The van der Waals surface area contributed by atoms with E-state index in [1.165, 1.54) is 7.11 Å². The number of nitrogens with one attached hydrogen (secondary N) is 1. The third-order valence-electron chi connectivity index (χ3n) is 3.39. The highest BCUT2D eigenvalue weighted by atomic mass is 32.1. The van der Waals surface area contributed by atoms with Crippen LogP contribution in [0, 0.1) is 0 Å². The molecule has 0 spiro atoms. The first-order valence-corrected chi connectivity index (χ1v) is 7.78. The van der Waals surface area contributed by atoms with Crippen molar-refractivity contribution in [3.8, 4) is 0 Å². The van der Waals surface area contributed by atoms with Crippen LogP contribution in [0.15, 0.2) is 5.38 Å². The van der Waals surface area contributed by atoms with Gasteiger partial charge in [0.15, 0.2) is 5.13 Å². The summed E-state index contributed by atoms with van der Waals surface area (Å²) in [7, 11) is 1.41. The van der Waals surface area contributed by atoms with Crippen LogP contribution in [0.5, 0.6) is 0 Å². The van der Waals surface area contributed by atoms with Crippen molar-refractivity contribution in [2.75, 3.05) is 19.0 Å². The molecule has 1 N–H and O–H groups in total. The fraction of sp³-hybridized carbons (Fsp3) is 0.714. The third-order valence-corrected chi connectivity index (χ3v) is 4.21. The Bertz CT molecular complexity index is 459. The number of nitrogens with zero attached hydrogens (tertiary/aromatic N) is 1. The molecular formula is C14H22N2O3S. The molecule has 1 saturated heterocycles. The van der Waals surface area contributed by atoms with Crippen molar-refractivity contribution < 1.29 is 14.3 Å². The molecular weight excluding hydrogens is 276 g/mol. The summed E-state index contributed by atoms with van der Waals surface area (Å²) in [5.41, 5.74) is 0.871. The summed E-state index contributed by atoms with van der Waals surface area (Å²) < 4.78 is 10.3. The van der Waals surface area contributed by atoms with Crippen molar-refractivity contribution in [3.63, 3.8) is 0 Å². The number of carbonyl (C=O) groups excluding carboxylic acids is 1. The number of aromatic nitrogens is 1. The average Bonchev–Trinajstić information content (AvgIpc) is 2.82. The fourth-order valence-electron chi connectivity index (χ4n) is 2.35. The molecule has 1 aromatic rings. The predicted octanol–water partition coefficient (Wildman–Crippen LogP) is 2.62. The topological polar surface area (TPSA) is 60.5 Å². The zero-order valence-corrected chi connectivity index (χ0v) is 13.1. The Balaban J connectivity index is 1.84. The molecule has 1 fully saturated rings. The number of aryl methyl sites for hydroxylation is 1. The zero-order chi connectivity index (χ0) is 14.6. The van der Waals surface area contributed by atoms with Gasteiger partial charge in [-0.2, -0.15) is 0 Å². The van der Waals surface area contributed by atoms with Gasteiger partial charge >= 0.3 is 5.97 Å². The smallest absolute Gasteiger partial charge is 0.305 e. The van der Waals surface area contributed by atoms with E-state index < -0.39 is 0 Å². The van der Waals surface area contributed by atoms with E-state index in [9.17, 15) is 4.79 Å². The van der Waals surface area contributed by atoms with Gasteiger partial charge in [-0.1, -0.05) is 0 Å². The molecule has 1 aromatic heterocycles. The van der Waals surface area contributed by atoms with E-state index in [0.717, 1.165) is 30.3 Å². The number of thiazole rings is 1. The molecule has 1 aliphatic rings. The number of hydrogen-bond donors (Lipinski definition) is 1. The molecule has 5 nitrogen and oxygen atoms in total. The lowest BCUT2D eigenvalue weighted by Gasteiger charge is -2.35. The van der Waals surface area contributed by atoms with Crippen molar-refractivity contribution in [1.29, 1.82) is 0 Å². The molecule has 2 heterocycles. The molecule has 1 unspecified atom stereocenters. The first kappa shape index (κ1) is 15.3. The van der Waals surface area contributed by atoms with Crippen LogP contribution in [0.4, 0.5) is 5.13 Å². The number of rotatable bonds is 5. The predicted molar refractivity (Wildman–Crippen MR) is 79.1 cm³/mol. The lowest BCUT2D eigenvalue weighted by molar-refractivity contribution is -0.140. The highest BCUT2D eigenvalue weighted by molar-refractivity contribution is 7.13. The molecule has 6 heteroatoms. The van der Waals surface area contributed by atoms with Crippen LogP contribution in [0.3, 0.4) is 0 Å². The maximum absolute atomic E-state index is 11.1. The molecule has 2 rings (SSSR count). The monoisotopic (exact) mass is 298 g/mol. The Kier molecular flexibility index (Phi) is 4.99. The summed E-state index contributed by atoms with van der Waals surface area (Å²) in [6, 6.07) is 0.401. The second kappa shape index (κ2) is 6.54. The summed E-state index contributed by atoms with van der Waals surface area (Å²) in [4.78, 5) is 15.6. The Morgan fingerprint density at radius 2 is 2.45 bits per heavy atom. The fourth-order valence-corrected chi connectivity index (χ4v) is 3.17. The van der Waals surface area contributed by atoms with Gasteiger partial charge in [-0.3, -0.25) is 4.79 Å². The first-order valence-electron chi connectivity index (χ1n) is 6.90. The van der Waals surface area contributed by atoms with E-state index in [0.29, 0.717) is 18.9 Å². The normalized spacial score (nSPS) is 21.4. The van der Waals surface area contributed by atoms with Gasteiger partial charge in [-0.05, 0) is 26.7 Å². The molecule has 0 amide bonds. The van der Waals surface area contributed by atoms with Gasteiger partial charge in [0.2, 0.25) is 0 Å². The maximum Gasteiger partial charge on any atom is 0.305 e.